The number of carbonyl (C=O) groups is 1. The average molecular weight is 399 g/mol. The number of imidazole rings is 1. The van der Waals surface area contributed by atoms with Crippen LogP contribution in [0.2, 0.25) is 0 Å². The standard InChI is InChI=1S/C23H17N3O2S/c1-28-20-11-10-14(22-24-17-7-3-4-8-18(17)25-22)12-19(20)26-23(27)16-13-29-21-9-5-2-6-15(16)21/h2-13H,1H3,(H,24,25)(H,26,27). The molecule has 0 aliphatic carbocycles. The number of carbonyl (C=O) groups excluding carboxylic acids is 1. The molecule has 142 valence electrons. The number of benzene rings is 3. The molecule has 1 amide bonds. The van der Waals surface area contributed by atoms with E-state index in [0.717, 1.165) is 32.5 Å². The number of nitrogens with one attached hydrogen (secondary N) is 2. The van der Waals surface area contributed by atoms with Gasteiger partial charge in [0.15, 0.2) is 0 Å². The summed E-state index contributed by atoms with van der Waals surface area (Å²) in [5.41, 5.74) is 3.99. The Bertz CT molecular complexity index is 1320. The minimum absolute atomic E-state index is 0.164. The van der Waals surface area contributed by atoms with E-state index < -0.39 is 0 Å². The van der Waals surface area contributed by atoms with Crippen molar-refractivity contribution in [3.05, 3.63) is 77.7 Å². The molecule has 3 aromatic carbocycles. The quantitative estimate of drug-likeness (QED) is 0.407. The van der Waals surface area contributed by atoms with Crippen LogP contribution >= 0.6 is 11.3 Å². The molecule has 0 fully saturated rings. The molecule has 0 aliphatic heterocycles. The van der Waals surface area contributed by atoms with Gasteiger partial charge >= 0.3 is 0 Å². The highest BCUT2D eigenvalue weighted by Crippen LogP contribution is 2.32. The van der Waals surface area contributed by atoms with E-state index in [0.29, 0.717) is 17.0 Å². The number of hydrogen-bond donors (Lipinski definition) is 2. The zero-order chi connectivity index (χ0) is 19.8. The van der Waals surface area contributed by atoms with Crippen LogP contribution < -0.4 is 10.1 Å². The van der Waals surface area contributed by atoms with Crippen LogP contribution in [0.3, 0.4) is 0 Å². The third kappa shape index (κ3) is 3.13. The summed E-state index contributed by atoms with van der Waals surface area (Å²) in [4.78, 5) is 20.9. The smallest absolute Gasteiger partial charge is 0.257 e. The molecule has 0 saturated carbocycles. The van der Waals surface area contributed by atoms with E-state index in [1.165, 1.54) is 0 Å². The zero-order valence-electron chi connectivity index (χ0n) is 15.6. The molecule has 5 nitrogen and oxygen atoms in total. The number of fused-ring (bicyclic) bond motifs is 2. The molecule has 6 heteroatoms. The second-order valence-corrected chi connectivity index (χ2v) is 7.53. The molecule has 5 aromatic rings. The van der Waals surface area contributed by atoms with Gasteiger partial charge in [-0.1, -0.05) is 30.3 Å². The van der Waals surface area contributed by atoms with Crippen LogP contribution in [-0.2, 0) is 0 Å². The van der Waals surface area contributed by atoms with Crippen LogP contribution in [0.15, 0.2) is 72.1 Å². The van der Waals surface area contributed by atoms with E-state index in [1.807, 2.05) is 72.1 Å². The fraction of sp³-hybridized carbons (Fsp3) is 0.0435. The highest BCUT2D eigenvalue weighted by atomic mass is 32.1. The first-order chi connectivity index (χ1) is 14.2. The predicted molar refractivity (Wildman–Crippen MR) is 118 cm³/mol. The Balaban J connectivity index is 1.52. The number of thiophene rings is 1. The van der Waals surface area contributed by atoms with Crippen LogP contribution in [0.25, 0.3) is 32.5 Å². The molecular formula is C23H17N3O2S. The van der Waals surface area contributed by atoms with E-state index in [1.54, 1.807) is 18.4 Å². The summed E-state index contributed by atoms with van der Waals surface area (Å²) >= 11 is 1.56. The second-order valence-electron chi connectivity index (χ2n) is 6.62. The van der Waals surface area contributed by atoms with Crippen molar-refractivity contribution >= 4 is 44.1 Å². The summed E-state index contributed by atoms with van der Waals surface area (Å²) in [7, 11) is 1.59. The van der Waals surface area contributed by atoms with Crippen LogP contribution in [0.4, 0.5) is 5.69 Å². The van der Waals surface area contributed by atoms with Crippen molar-refractivity contribution in [2.75, 3.05) is 12.4 Å². The Morgan fingerprint density at radius 1 is 1.07 bits per heavy atom. The third-order valence-corrected chi connectivity index (χ3v) is 5.80. The normalized spacial score (nSPS) is 11.1. The molecule has 0 saturated heterocycles. The molecule has 0 aliphatic rings. The Morgan fingerprint density at radius 2 is 1.90 bits per heavy atom. The summed E-state index contributed by atoms with van der Waals surface area (Å²) in [5.74, 6) is 1.17. The zero-order valence-corrected chi connectivity index (χ0v) is 16.4. The van der Waals surface area contributed by atoms with E-state index in [9.17, 15) is 4.79 Å². The molecule has 5 rings (SSSR count). The van der Waals surface area contributed by atoms with Crippen molar-refractivity contribution in [3.8, 4) is 17.1 Å². The van der Waals surface area contributed by atoms with Gasteiger partial charge in [-0.15, -0.1) is 11.3 Å². The topological polar surface area (TPSA) is 67.0 Å². The van der Waals surface area contributed by atoms with Crippen molar-refractivity contribution < 1.29 is 9.53 Å². The van der Waals surface area contributed by atoms with Crippen LogP contribution in [-0.4, -0.2) is 23.0 Å². The monoisotopic (exact) mass is 399 g/mol. The van der Waals surface area contributed by atoms with Crippen LogP contribution in [0, 0.1) is 0 Å². The van der Waals surface area contributed by atoms with Gasteiger partial charge in [-0.05, 0) is 36.4 Å². The molecule has 2 aromatic heterocycles. The second kappa shape index (κ2) is 7.07. The molecular weight excluding hydrogens is 382 g/mol. The van der Waals surface area contributed by atoms with Gasteiger partial charge in [0.2, 0.25) is 0 Å². The summed E-state index contributed by atoms with van der Waals surface area (Å²) in [6.45, 7) is 0. The molecule has 29 heavy (non-hydrogen) atoms. The Morgan fingerprint density at radius 3 is 2.76 bits per heavy atom. The maximum absolute atomic E-state index is 13.0. The fourth-order valence-electron chi connectivity index (χ4n) is 3.39. The lowest BCUT2D eigenvalue weighted by Gasteiger charge is -2.11. The summed E-state index contributed by atoms with van der Waals surface area (Å²) in [5, 5.41) is 5.83. The number of aromatic amines is 1. The van der Waals surface area contributed by atoms with Gasteiger partial charge in [-0.25, -0.2) is 4.98 Å². The largest absolute Gasteiger partial charge is 0.495 e. The Labute approximate surface area is 171 Å². The maximum atomic E-state index is 13.0. The molecule has 2 N–H and O–H groups in total. The average Bonchev–Trinajstić information content (AvgIpc) is 3.38. The SMILES string of the molecule is COc1ccc(-c2nc3ccccc3[nH]2)cc1NC(=O)c1csc2ccccc12. The first-order valence-electron chi connectivity index (χ1n) is 9.13. The summed E-state index contributed by atoms with van der Waals surface area (Å²) in [6.07, 6.45) is 0. The number of rotatable bonds is 4. The molecule has 0 radical (unpaired) electrons. The predicted octanol–water partition coefficient (Wildman–Crippen LogP) is 5.71. The molecule has 0 atom stereocenters. The first kappa shape index (κ1) is 17.5. The van der Waals surface area contributed by atoms with E-state index >= 15 is 0 Å². The number of hydrogen-bond acceptors (Lipinski definition) is 4. The highest BCUT2D eigenvalue weighted by Gasteiger charge is 2.16. The number of nitrogens with zero attached hydrogens (tertiary/aromatic N) is 1. The first-order valence-corrected chi connectivity index (χ1v) is 10.0. The highest BCUT2D eigenvalue weighted by molar-refractivity contribution is 7.17. The number of amides is 1. The molecule has 0 bridgehead atoms. The van der Waals surface area contributed by atoms with Crippen molar-refractivity contribution in [1.82, 2.24) is 9.97 Å². The molecule has 2 heterocycles. The number of anilines is 1. The molecule has 0 unspecified atom stereocenters. The lowest BCUT2D eigenvalue weighted by Crippen LogP contribution is -2.12. The van der Waals surface area contributed by atoms with Gasteiger partial charge in [-0.2, -0.15) is 0 Å². The van der Waals surface area contributed by atoms with Gasteiger partial charge in [0, 0.05) is 21.0 Å². The number of ether oxygens (including phenoxy) is 1. The number of H-pyrrole nitrogens is 1. The number of aromatic nitrogens is 2. The maximum Gasteiger partial charge on any atom is 0.257 e. The van der Waals surface area contributed by atoms with Gasteiger partial charge < -0.3 is 15.0 Å². The lowest BCUT2D eigenvalue weighted by atomic mass is 10.1. The van der Waals surface area contributed by atoms with Crippen LogP contribution in [0.5, 0.6) is 5.75 Å². The van der Waals surface area contributed by atoms with Crippen molar-refractivity contribution in [1.29, 1.82) is 0 Å². The summed E-state index contributed by atoms with van der Waals surface area (Å²) < 4.78 is 6.54. The number of para-hydroxylation sites is 2. The third-order valence-electron chi connectivity index (χ3n) is 4.84. The van der Waals surface area contributed by atoms with Crippen molar-refractivity contribution in [3.63, 3.8) is 0 Å². The Hall–Kier alpha value is -3.64. The van der Waals surface area contributed by atoms with Crippen molar-refractivity contribution in [2.24, 2.45) is 0 Å². The lowest BCUT2D eigenvalue weighted by molar-refractivity contribution is 0.102. The van der Waals surface area contributed by atoms with Gasteiger partial charge in [0.1, 0.15) is 11.6 Å². The summed E-state index contributed by atoms with van der Waals surface area (Å²) in [6, 6.07) is 21.4. The molecule has 0 spiro atoms. The van der Waals surface area contributed by atoms with Crippen LogP contribution in [0.1, 0.15) is 10.4 Å². The van der Waals surface area contributed by atoms with Gasteiger partial charge in [0.25, 0.3) is 5.91 Å². The van der Waals surface area contributed by atoms with Gasteiger partial charge in [-0.3, -0.25) is 4.79 Å². The van der Waals surface area contributed by atoms with E-state index in [4.69, 9.17) is 4.74 Å². The van der Waals surface area contributed by atoms with Crippen molar-refractivity contribution in [2.45, 2.75) is 0 Å². The van der Waals surface area contributed by atoms with E-state index in [2.05, 4.69) is 15.3 Å². The minimum atomic E-state index is -0.164. The minimum Gasteiger partial charge on any atom is -0.495 e. The Kier molecular flexibility index (Phi) is 4.26. The fourth-order valence-corrected chi connectivity index (χ4v) is 4.33. The number of methoxy groups -OCH3 is 1. The van der Waals surface area contributed by atoms with E-state index in [-0.39, 0.29) is 5.91 Å². The van der Waals surface area contributed by atoms with Gasteiger partial charge in [0.05, 0.1) is 29.4 Å².